The first-order chi connectivity index (χ1) is 6.88. The van der Waals surface area contributed by atoms with E-state index in [1.165, 1.54) is 38.5 Å². The van der Waals surface area contributed by atoms with Crippen molar-refractivity contribution in [1.29, 1.82) is 0 Å². The normalized spacial score (nSPS) is 34.9. The lowest BCUT2D eigenvalue weighted by Crippen LogP contribution is -2.50. The van der Waals surface area contributed by atoms with E-state index in [1.807, 2.05) is 0 Å². The average Bonchev–Trinajstić information content (AvgIpc) is 2.36. The fourth-order valence-electron chi connectivity index (χ4n) is 2.62. The van der Waals surface area contributed by atoms with Crippen LogP contribution in [0.15, 0.2) is 0 Å². The molecular formula is C12H23NO. The predicted octanol–water partition coefficient (Wildman–Crippen LogP) is 2.33. The van der Waals surface area contributed by atoms with Crippen molar-refractivity contribution in [3.05, 3.63) is 0 Å². The lowest BCUT2D eigenvalue weighted by Gasteiger charge is -2.31. The monoisotopic (exact) mass is 197 g/mol. The van der Waals surface area contributed by atoms with Gasteiger partial charge in [-0.25, -0.2) is 0 Å². The van der Waals surface area contributed by atoms with E-state index >= 15 is 0 Å². The van der Waals surface area contributed by atoms with Crippen molar-refractivity contribution in [2.45, 2.75) is 57.5 Å². The van der Waals surface area contributed by atoms with Gasteiger partial charge >= 0.3 is 0 Å². The van der Waals surface area contributed by atoms with Crippen molar-refractivity contribution in [3.8, 4) is 0 Å². The van der Waals surface area contributed by atoms with Gasteiger partial charge in [-0.2, -0.15) is 0 Å². The zero-order valence-electron chi connectivity index (χ0n) is 9.30. The van der Waals surface area contributed by atoms with Gasteiger partial charge in [0, 0.05) is 6.04 Å². The molecule has 0 amide bonds. The molecular weight excluding hydrogens is 174 g/mol. The molecule has 0 spiro atoms. The molecule has 1 aliphatic heterocycles. The summed E-state index contributed by atoms with van der Waals surface area (Å²) in [5, 5.41) is 3.71. The van der Waals surface area contributed by atoms with E-state index in [2.05, 4.69) is 12.2 Å². The number of nitrogens with one attached hydrogen (secondary N) is 1. The van der Waals surface area contributed by atoms with E-state index in [9.17, 15) is 0 Å². The molecule has 1 saturated heterocycles. The third-order valence-corrected chi connectivity index (χ3v) is 3.78. The van der Waals surface area contributed by atoms with E-state index in [1.54, 1.807) is 0 Å². The van der Waals surface area contributed by atoms with Crippen LogP contribution in [0.1, 0.15) is 45.4 Å². The maximum absolute atomic E-state index is 5.19. The first-order valence-electron chi connectivity index (χ1n) is 6.22. The van der Waals surface area contributed by atoms with Crippen LogP contribution in [0.2, 0.25) is 0 Å². The maximum Gasteiger partial charge on any atom is 0.0643 e. The molecule has 0 aromatic rings. The Morgan fingerprint density at radius 1 is 1.07 bits per heavy atom. The smallest absolute Gasteiger partial charge is 0.0643 e. The molecule has 2 fully saturated rings. The Balaban J connectivity index is 1.71. The second-order valence-electron chi connectivity index (χ2n) is 4.88. The summed E-state index contributed by atoms with van der Waals surface area (Å²) in [5.41, 5.74) is 0. The van der Waals surface area contributed by atoms with Crippen molar-refractivity contribution in [2.24, 2.45) is 5.92 Å². The average molecular weight is 197 g/mol. The molecule has 1 heterocycles. The summed E-state index contributed by atoms with van der Waals surface area (Å²) in [6.07, 6.45) is 8.45. The molecule has 2 unspecified atom stereocenters. The van der Waals surface area contributed by atoms with E-state index < -0.39 is 0 Å². The van der Waals surface area contributed by atoms with Gasteiger partial charge in [-0.15, -0.1) is 0 Å². The Labute approximate surface area is 87.4 Å². The van der Waals surface area contributed by atoms with Crippen LogP contribution in [0.4, 0.5) is 0 Å². The Morgan fingerprint density at radius 2 is 1.93 bits per heavy atom. The summed E-state index contributed by atoms with van der Waals surface area (Å²) >= 11 is 0. The Morgan fingerprint density at radius 3 is 2.57 bits per heavy atom. The number of ether oxygens (including phenoxy) is 1. The van der Waals surface area contributed by atoms with Crippen molar-refractivity contribution < 1.29 is 4.74 Å². The summed E-state index contributed by atoms with van der Waals surface area (Å²) in [6, 6.07) is 1.44. The SMILES string of the molecule is CCC1CCCC(NC2COC2)CC1. The van der Waals surface area contributed by atoms with Crippen molar-refractivity contribution >= 4 is 0 Å². The van der Waals surface area contributed by atoms with Gasteiger partial charge in [-0.05, 0) is 25.2 Å². The highest BCUT2D eigenvalue weighted by Gasteiger charge is 2.24. The van der Waals surface area contributed by atoms with Crippen LogP contribution in [0.5, 0.6) is 0 Å². The quantitative estimate of drug-likeness (QED) is 0.701. The summed E-state index contributed by atoms with van der Waals surface area (Å²) in [6.45, 7) is 4.21. The van der Waals surface area contributed by atoms with Crippen LogP contribution in [-0.2, 0) is 4.74 Å². The van der Waals surface area contributed by atoms with Gasteiger partial charge in [0.1, 0.15) is 0 Å². The van der Waals surface area contributed by atoms with Gasteiger partial charge < -0.3 is 10.1 Å². The minimum absolute atomic E-state index is 0.665. The molecule has 0 bridgehead atoms. The van der Waals surface area contributed by atoms with Crippen LogP contribution in [-0.4, -0.2) is 25.3 Å². The number of rotatable bonds is 3. The predicted molar refractivity (Wildman–Crippen MR) is 58.4 cm³/mol. The van der Waals surface area contributed by atoms with Crippen LogP contribution >= 0.6 is 0 Å². The second-order valence-corrected chi connectivity index (χ2v) is 4.88. The van der Waals surface area contributed by atoms with Gasteiger partial charge in [0.25, 0.3) is 0 Å². The van der Waals surface area contributed by atoms with Crippen molar-refractivity contribution in [3.63, 3.8) is 0 Å². The molecule has 1 aliphatic carbocycles. The molecule has 0 aromatic carbocycles. The first kappa shape index (κ1) is 10.4. The van der Waals surface area contributed by atoms with Crippen LogP contribution in [0.3, 0.4) is 0 Å². The van der Waals surface area contributed by atoms with E-state index in [0.717, 1.165) is 25.2 Å². The fourth-order valence-corrected chi connectivity index (χ4v) is 2.62. The zero-order valence-corrected chi connectivity index (χ0v) is 9.30. The molecule has 2 aliphatic rings. The molecule has 1 saturated carbocycles. The van der Waals surface area contributed by atoms with Crippen molar-refractivity contribution in [2.75, 3.05) is 13.2 Å². The third-order valence-electron chi connectivity index (χ3n) is 3.78. The van der Waals surface area contributed by atoms with Gasteiger partial charge in [0.2, 0.25) is 0 Å². The third kappa shape index (κ3) is 2.71. The first-order valence-corrected chi connectivity index (χ1v) is 6.22. The summed E-state index contributed by atoms with van der Waals surface area (Å²) < 4.78 is 5.19. The Kier molecular flexibility index (Phi) is 3.82. The summed E-state index contributed by atoms with van der Waals surface area (Å²) in [4.78, 5) is 0. The van der Waals surface area contributed by atoms with E-state index in [-0.39, 0.29) is 0 Å². The van der Waals surface area contributed by atoms with Crippen LogP contribution in [0, 0.1) is 5.92 Å². The minimum Gasteiger partial charge on any atom is -0.378 e. The summed E-state index contributed by atoms with van der Waals surface area (Å²) in [5.74, 6) is 0.999. The highest BCUT2D eigenvalue weighted by atomic mass is 16.5. The molecule has 2 nitrogen and oxygen atoms in total. The zero-order chi connectivity index (χ0) is 9.80. The highest BCUT2D eigenvalue weighted by molar-refractivity contribution is 4.81. The number of hydrogen-bond acceptors (Lipinski definition) is 2. The minimum atomic E-state index is 0.665. The lowest BCUT2D eigenvalue weighted by atomic mass is 9.97. The Bertz CT molecular complexity index is 168. The van der Waals surface area contributed by atoms with E-state index in [0.29, 0.717) is 6.04 Å². The largest absolute Gasteiger partial charge is 0.378 e. The van der Waals surface area contributed by atoms with Gasteiger partial charge in [0.05, 0.1) is 19.3 Å². The molecule has 14 heavy (non-hydrogen) atoms. The van der Waals surface area contributed by atoms with Gasteiger partial charge in [-0.1, -0.05) is 26.2 Å². The fraction of sp³-hybridized carbons (Fsp3) is 1.00. The maximum atomic E-state index is 5.19. The van der Waals surface area contributed by atoms with Gasteiger partial charge in [0.15, 0.2) is 0 Å². The second kappa shape index (κ2) is 5.13. The van der Waals surface area contributed by atoms with Crippen LogP contribution in [0.25, 0.3) is 0 Å². The highest BCUT2D eigenvalue weighted by Crippen LogP contribution is 2.25. The van der Waals surface area contributed by atoms with Crippen LogP contribution < -0.4 is 5.32 Å². The Hall–Kier alpha value is -0.0800. The van der Waals surface area contributed by atoms with E-state index in [4.69, 9.17) is 4.74 Å². The molecule has 82 valence electrons. The molecule has 2 atom stereocenters. The topological polar surface area (TPSA) is 21.3 Å². The molecule has 0 radical (unpaired) electrons. The molecule has 2 heteroatoms. The molecule has 2 rings (SSSR count). The van der Waals surface area contributed by atoms with Crippen molar-refractivity contribution in [1.82, 2.24) is 5.32 Å². The number of hydrogen-bond donors (Lipinski definition) is 1. The summed E-state index contributed by atoms with van der Waals surface area (Å²) in [7, 11) is 0. The van der Waals surface area contributed by atoms with Gasteiger partial charge in [-0.3, -0.25) is 0 Å². The standard InChI is InChI=1S/C12H23NO/c1-2-10-4-3-5-11(7-6-10)13-12-8-14-9-12/h10-13H,2-9H2,1H3. The lowest BCUT2D eigenvalue weighted by molar-refractivity contribution is -0.0108. The molecule has 1 N–H and O–H groups in total. The molecule has 0 aromatic heterocycles.